The standard InChI is InChI=1S/C17H20N4O4S/c1-10-3-4-11-12(7-10)20-17(19-11)26-9-14(22)21-6-5-18-16(24)13(21)8-15(23)25-2/h3-4,7,13H,5-6,8-9H2,1-2H3,(H,18,24)(H,19,20)/t13-/m0/s1. The number of thioether (sulfide) groups is 1. The van der Waals surface area contributed by atoms with E-state index in [1.807, 2.05) is 25.1 Å². The number of benzene rings is 1. The maximum atomic E-state index is 12.6. The summed E-state index contributed by atoms with van der Waals surface area (Å²) >= 11 is 1.28. The zero-order valence-electron chi connectivity index (χ0n) is 14.6. The van der Waals surface area contributed by atoms with Gasteiger partial charge in [0.1, 0.15) is 6.04 Å². The molecule has 0 radical (unpaired) electrons. The quantitative estimate of drug-likeness (QED) is 0.592. The molecule has 2 N–H and O–H groups in total. The Bertz CT molecular complexity index is 850. The lowest BCUT2D eigenvalue weighted by Crippen LogP contribution is -2.58. The number of aromatic amines is 1. The first-order valence-electron chi connectivity index (χ1n) is 8.21. The second-order valence-corrected chi connectivity index (χ2v) is 6.99. The van der Waals surface area contributed by atoms with Gasteiger partial charge < -0.3 is 19.9 Å². The molecule has 3 rings (SSSR count). The molecule has 0 saturated carbocycles. The Kier molecular flexibility index (Phi) is 5.46. The van der Waals surface area contributed by atoms with E-state index in [0.29, 0.717) is 18.2 Å². The van der Waals surface area contributed by atoms with Crippen LogP contribution in [-0.4, -0.2) is 64.6 Å². The van der Waals surface area contributed by atoms with E-state index in [4.69, 9.17) is 0 Å². The fourth-order valence-corrected chi connectivity index (χ4v) is 3.61. The van der Waals surface area contributed by atoms with Gasteiger partial charge in [-0.1, -0.05) is 17.8 Å². The number of nitrogens with one attached hydrogen (secondary N) is 2. The zero-order chi connectivity index (χ0) is 18.7. The van der Waals surface area contributed by atoms with E-state index in [-0.39, 0.29) is 24.0 Å². The first-order valence-corrected chi connectivity index (χ1v) is 9.19. The monoisotopic (exact) mass is 376 g/mol. The Hall–Kier alpha value is -2.55. The van der Waals surface area contributed by atoms with Gasteiger partial charge in [-0.25, -0.2) is 4.98 Å². The third-order valence-corrected chi connectivity index (χ3v) is 5.04. The summed E-state index contributed by atoms with van der Waals surface area (Å²) in [6, 6.07) is 5.07. The molecule has 138 valence electrons. The lowest BCUT2D eigenvalue weighted by Gasteiger charge is -2.34. The number of carbonyl (C=O) groups excluding carboxylic acids is 3. The number of fused-ring (bicyclic) bond motifs is 1. The van der Waals surface area contributed by atoms with Crippen molar-refractivity contribution in [2.45, 2.75) is 24.5 Å². The van der Waals surface area contributed by atoms with E-state index in [1.165, 1.54) is 23.8 Å². The fourth-order valence-electron chi connectivity index (χ4n) is 2.84. The molecular weight excluding hydrogens is 356 g/mol. The third-order valence-electron chi connectivity index (χ3n) is 4.19. The van der Waals surface area contributed by atoms with Gasteiger partial charge in [0.2, 0.25) is 11.8 Å². The number of piperazine rings is 1. The first kappa shape index (κ1) is 18.2. The summed E-state index contributed by atoms with van der Waals surface area (Å²) in [4.78, 5) is 45.3. The van der Waals surface area contributed by atoms with Crippen molar-refractivity contribution < 1.29 is 19.1 Å². The van der Waals surface area contributed by atoms with Crippen molar-refractivity contribution in [2.24, 2.45) is 0 Å². The van der Waals surface area contributed by atoms with Crippen molar-refractivity contribution in [3.8, 4) is 0 Å². The van der Waals surface area contributed by atoms with Gasteiger partial charge in [0.05, 0.1) is 30.3 Å². The molecule has 2 aromatic rings. The molecule has 9 heteroatoms. The number of hydrogen-bond donors (Lipinski definition) is 2. The SMILES string of the molecule is COC(=O)C[C@H]1C(=O)NCCN1C(=O)CSc1nc2ccc(C)cc2[nH]1. The number of methoxy groups -OCH3 is 1. The fraction of sp³-hybridized carbons (Fsp3) is 0.412. The lowest BCUT2D eigenvalue weighted by molar-refractivity contribution is -0.149. The predicted octanol–water partition coefficient (Wildman–Crippen LogP) is 0.854. The number of ether oxygens (including phenoxy) is 1. The predicted molar refractivity (Wildman–Crippen MR) is 96.7 cm³/mol. The molecule has 1 fully saturated rings. The molecule has 26 heavy (non-hydrogen) atoms. The minimum atomic E-state index is -0.831. The van der Waals surface area contributed by atoms with Crippen LogP contribution in [0, 0.1) is 6.92 Å². The highest BCUT2D eigenvalue weighted by Crippen LogP contribution is 2.21. The largest absolute Gasteiger partial charge is 0.469 e. The molecule has 1 atom stereocenters. The van der Waals surface area contributed by atoms with Gasteiger partial charge >= 0.3 is 5.97 Å². The van der Waals surface area contributed by atoms with Crippen LogP contribution in [-0.2, 0) is 19.1 Å². The van der Waals surface area contributed by atoms with Gasteiger partial charge in [0.25, 0.3) is 0 Å². The molecule has 1 aliphatic heterocycles. The van der Waals surface area contributed by atoms with Gasteiger partial charge in [-0.3, -0.25) is 14.4 Å². The number of nitrogens with zero attached hydrogens (tertiary/aromatic N) is 2. The molecule has 2 amide bonds. The van der Waals surface area contributed by atoms with Gasteiger partial charge in [-0.05, 0) is 24.6 Å². The molecule has 0 unspecified atom stereocenters. The molecule has 1 saturated heterocycles. The van der Waals surface area contributed by atoms with Crippen molar-refractivity contribution in [3.63, 3.8) is 0 Å². The van der Waals surface area contributed by atoms with Crippen molar-refractivity contribution in [1.82, 2.24) is 20.2 Å². The Labute approximate surface area is 154 Å². The Morgan fingerprint density at radius 3 is 3.00 bits per heavy atom. The second kappa shape index (κ2) is 7.77. The van der Waals surface area contributed by atoms with E-state index in [1.54, 1.807) is 0 Å². The van der Waals surface area contributed by atoms with Crippen molar-refractivity contribution in [1.29, 1.82) is 0 Å². The van der Waals surface area contributed by atoms with Crippen LogP contribution in [0.2, 0.25) is 0 Å². The molecule has 8 nitrogen and oxygen atoms in total. The molecule has 0 aliphatic carbocycles. The Morgan fingerprint density at radius 2 is 2.23 bits per heavy atom. The molecular formula is C17H20N4O4S. The molecule has 0 spiro atoms. The van der Waals surface area contributed by atoms with E-state index in [2.05, 4.69) is 20.0 Å². The number of carbonyl (C=O) groups is 3. The Morgan fingerprint density at radius 1 is 1.42 bits per heavy atom. The second-order valence-electron chi connectivity index (χ2n) is 6.03. The van der Waals surface area contributed by atoms with Crippen LogP contribution in [0.25, 0.3) is 11.0 Å². The summed E-state index contributed by atoms with van der Waals surface area (Å²) in [5.74, 6) is -0.941. The number of esters is 1. The van der Waals surface area contributed by atoms with Crippen LogP contribution in [0.4, 0.5) is 0 Å². The number of imidazole rings is 1. The average molecular weight is 376 g/mol. The maximum absolute atomic E-state index is 12.6. The number of rotatable bonds is 5. The topological polar surface area (TPSA) is 104 Å². The van der Waals surface area contributed by atoms with Gasteiger partial charge in [0, 0.05) is 13.1 Å². The van der Waals surface area contributed by atoms with Crippen molar-refractivity contribution in [2.75, 3.05) is 26.0 Å². The molecule has 1 aliphatic rings. The van der Waals surface area contributed by atoms with Crippen LogP contribution < -0.4 is 5.32 Å². The van der Waals surface area contributed by atoms with Crippen LogP contribution in [0.5, 0.6) is 0 Å². The summed E-state index contributed by atoms with van der Waals surface area (Å²) in [5.41, 5.74) is 2.88. The van der Waals surface area contributed by atoms with E-state index < -0.39 is 12.0 Å². The first-order chi connectivity index (χ1) is 12.5. The van der Waals surface area contributed by atoms with Gasteiger partial charge in [0.15, 0.2) is 5.16 Å². The molecule has 0 bridgehead atoms. The minimum absolute atomic E-state index is 0.129. The van der Waals surface area contributed by atoms with Gasteiger partial charge in [-0.15, -0.1) is 0 Å². The Balaban J connectivity index is 1.66. The van der Waals surface area contributed by atoms with Crippen LogP contribution in [0.3, 0.4) is 0 Å². The smallest absolute Gasteiger partial charge is 0.308 e. The van der Waals surface area contributed by atoms with Crippen molar-refractivity contribution >= 4 is 40.6 Å². The summed E-state index contributed by atoms with van der Waals surface area (Å²) in [7, 11) is 1.26. The zero-order valence-corrected chi connectivity index (χ0v) is 15.4. The summed E-state index contributed by atoms with van der Waals surface area (Å²) < 4.78 is 4.62. The summed E-state index contributed by atoms with van der Waals surface area (Å²) in [6.45, 7) is 2.74. The van der Waals surface area contributed by atoms with Crippen LogP contribution in [0.1, 0.15) is 12.0 Å². The highest BCUT2D eigenvalue weighted by Gasteiger charge is 2.34. The minimum Gasteiger partial charge on any atom is -0.469 e. The number of amides is 2. The maximum Gasteiger partial charge on any atom is 0.308 e. The molecule has 1 aromatic heterocycles. The third kappa shape index (κ3) is 3.98. The van der Waals surface area contributed by atoms with E-state index in [9.17, 15) is 14.4 Å². The summed E-state index contributed by atoms with van der Waals surface area (Å²) in [5, 5.41) is 3.32. The van der Waals surface area contributed by atoms with Crippen molar-refractivity contribution in [3.05, 3.63) is 23.8 Å². The number of aromatic nitrogens is 2. The average Bonchev–Trinajstić information content (AvgIpc) is 3.03. The molecule has 2 heterocycles. The normalized spacial score (nSPS) is 17.2. The van der Waals surface area contributed by atoms with Crippen LogP contribution in [0.15, 0.2) is 23.4 Å². The number of H-pyrrole nitrogens is 1. The van der Waals surface area contributed by atoms with E-state index >= 15 is 0 Å². The number of aryl methyl sites for hydroxylation is 1. The lowest BCUT2D eigenvalue weighted by atomic mass is 10.1. The highest BCUT2D eigenvalue weighted by atomic mass is 32.2. The summed E-state index contributed by atoms with van der Waals surface area (Å²) in [6.07, 6.45) is -0.150. The van der Waals surface area contributed by atoms with E-state index in [0.717, 1.165) is 16.6 Å². The number of hydrogen-bond acceptors (Lipinski definition) is 6. The molecule has 1 aromatic carbocycles. The van der Waals surface area contributed by atoms with Gasteiger partial charge in [-0.2, -0.15) is 0 Å². The van der Waals surface area contributed by atoms with Crippen LogP contribution >= 0.6 is 11.8 Å². The highest BCUT2D eigenvalue weighted by molar-refractivity contribution is 7.99.